The van der Waals surface area contributed by atoms with E-state index in [1.807, 2.05) is 6.92 Å². The second kappa shape index (κ2) is 10.3. The van der Waals surface area contributed by atoms with Gasteiger partial charge in [0.2, 0.25) is 0 Å². The highest BCUT2D eigenvalue weighted by atomic mass is 16.2. The Labute approximate surface area is 152 Å². The van der Waals surface area contributed by atoms with Gasteiger partial charge in [-0.3, -0.25) is 14.7 Å². The van der Waals surface area contributed by atoms with E-state index in [4.69, 9.17) is 0 Å². The Kier molecular flexibility index (Phi) is 8.72. The van der Waals surface area contributed by atoms with Crippen LogP contribution in [0.5, 0.6) is 0 Å². The molecule has 0 aromatic rings. The van der Waals surface area contributed by atoms with Crippen molar-refractivity contribution >= 4 is 17.9 Å². The van der Waals surface area contributed by atoms with Crippen LogP contribution in [-0.2, 0) is 4.79 Å². The van der Waals surface area contributed by atoms with Gasteiger partial charge in [-0.2, -0.15) is 0 Å². The van der Waals surface area contributed by atoms with Gasteiger partial charge >= 0.3 is 6.03 Å². The summed E-state index contributed by atoms with van der Waals surface area (Å²) in [7, 11) is 1.75. The van der Waals surface area contributed by atoms with Gasteiger partial charge in [0.15, 0.2) is 5.96 Å². The van der Waals surface area contributed by atoms with Crippen molar-refractivity contribution in [3.8, 4) is 0 Å². The quantitative estimate of drug-likeness (QED) is 0.243. The van der Waals surface area contributed by atoms with E-state index in [1.165, 1.54) is 24.2 Å². The van der Waals surface area contributed by atoms with Gasteiger partial charge in [0.25, 0.3) is 5.91 Å². The van der Waals surface area contributed by atoms with Gasteiger partial charge in [0.05, 0.1) is 0 Å². The molecule has 25 heavy (non-hydrogen) atoms. The van der Waals surface area contributed by atoms with Crippen LogP contribution in [0.25, 0.3) is 0 Å². The largest absolute Gasteiger partial charge is 0.356 e. The van der Waals surface area contributed by atoms with Crippen molar-refractivity contribution in [2.75, 3.05) is 20.1 Å². The molecule has 2 unspecified atom stereocenters. The predicted molar refractivity (Wildman–Crippen MR) is 102 cm³/mol. The SMILES string of the molecule is CCCCCC(C)NC(=NC)NCCCN1C(=O)NC(C)(CC)C1=O. The number of rotatable bonds is 10. The van der Waals surface area contributed by atoms with Gasteiger partial charge in [-0.05, 0) is 33.1 Å². The third-order valence-corrected chi connectivity index (χ3v) is 4.75. The molecule has 0 aliphatic carbocycles. The van der Waals surface area contributed by atoms with Crippen molar-refractivity contribution in [2.45, 2.75) is 77.8 Å². The maximum Gasteiger partial charge on any atom is 0.325 e. The number of nitrogens with one attached hydrogen (secondary N) is 3. The molecule has 3 N–H and O–H groups in total. The first-order valence-electron chi connectivity index (χ1n) is 9.49. The molecule has 7 nitrogen and oxygen atoms in total. The van der Waals surface area contributed by atoms with E-state index in [1.54, 1.807) is 14.0 Å². The highest BCUT2D eigenvalue weighted by Gasteiger charge is 2.45. The maximum absolute atomic E-state index is 12.3. The normalized spacial score (nSPS) is 22.1. The molecular formula is C18H35N5O2. The Morgan fingerprint density at radius 2 is 2.00 bits per heavy atom. The number of nitrogens with zero attached hydrogens (tertiary/aromatic N) is 2. The minimum Gasteiger partial charge on any atom is -0.356 e. The fourth-order valence-electron chi connectivity index (χ4n) is 2.83. The van der Waals surface area contributed by atoms with Crippen LogP contribution in [-0.4, -0.2) is 54.5 Å². The minimum absolute atomic E-state index is 0.132. The van der Waals surface area contributed by atoms with E-state index < -0.39 is 5.54 Å². The van der Waals surface area contributed by atoms with Crippen molar-refractivity contribution in [1.29, 1.82) is 0 Å². The van der Waals surface area contributed by atoms with Crippen LogP contribution in [0.2, 0.25) is 0 Å². The summed E-state index contributed by atoms with van der Waals surface area (Å²) in [5.41, 5.74) is -0.754. The number of carbonyl (C=O) groups excluding carboxylic acids is 2. The van der Waals surface area contributed by atoms with Gasteiger partial charge in [0, 0.05) is 26.2 Å². The van der Waals surface area contributed by atoms with E-state index in [2.05, 4.69) is 34.8 Å². The second-order valence-corrected chi connectivity index (χ2v) is 6.97. The fourth-order valence-corrected chi connectivity index (χ4v) is 2.83. The summed E-state index contributed by atoms with van der Waals surface area (Å²) in [5, 5.41) is 9.39. The molecule has 1 fully saturated rings. The third kappa shape index (κ3) is 6.21. The van der Waals surface area contributed by atoms with Crippen LogP contribution in [0.15, 0.2) is 4.99 Å². The van der Waals surface area contributed by atoms with Crippen LogP contribution in [0.1, 0.15) is 66.2 Å². The van der Waals surface area contributed by atoms with Crippen molar-refractivity contribution in [3.63, 3.8) is 0 Å². The highest BCUT2D eigenvalue weighted by Crippen LogP contribution is 2.20. The molecule has 1 rings (SSSR count). The lowest BCUT2D eigenvalue weighted by molar-refractivity contribution is -0.130. The van der Waals surface area contributed by atoms with Crippen LogP contribution < -0.4 is 16.0 Å². The summed E-state index contributed by atoms with van der Waals surface area (Å²) in [6, 6.07) is 0.0790. The molecular weight excluding hydrogens is 318 g/mol. The Balaban J connectivity index is 2.32. The van der Waals surface area contributed by atoms with Crippen molar-refractivity contribution in [1.82, 2.24) is 20.9 Å². The number of unbranched alkanes of at least 4 members (excludes halogenated alkanes) is 2. The molecule has 7 heteroatoms. The molecule has 144 valence electrons. The lowest BCUT2D eigenvalue weighted by Gasteiger charge is -2.20. The Hall–Kier alpha value is -1.79. The standard InChI is InChI=1S/C18H35N5O2/c1-6-8-9-11-14(3)21-16(19-5)20-12-10-13-23-15(24)18(4,7-2)22-17(23)25/h14H,6-13H2,1-5H3,(H,22,25)(H2,19,20,21). The predicted octanol–water partition coefficient (Wildman–Crippen LogP) is 2.23. The van der Waals surface area contributed by atoms with E-state index >= 15 is 0 Å². The summed E-state index contributed by atoms with van der Waals surface area (Å²) in [6.45, 7) is 9.10. The van der Waals surface area contributed by atoms with Crippen LogP contribution in [0, 0.1) is 0 Å². The molecule has 1 aliphatic rings. The van der Waals surface area contributed by atoms with Crippen LogP contribution in [0.3, 0.4) is 0 Å². The third-order valence-electron chi connectivity index (χ3n) is 4.75. The topological polar surface area (TPSA) is 85.8 Å². The number of carbonyl (C=O) groups is 2. The highest BCUT2D eigenvalue weighted by molar-refractivity contribution is 6.06. The monoisotopic (exact) mass is 353 g/mol. The summed E-state index contributed by atoms with van der Waals surface area (Å²) >= 11 is 0. The Morgan fingerprint density at radius 3 is 2.56 bits per heavy atom. The number of imide groups is 1. The summed E-state index contributed by atoms with van der Waals surface area (Å²) in [5.74, 6) is 0.631. The maximum atomic E-state index is 12.3. The van der Waals surface area contributed by atoms with E-state index in [0.29, 0.717) is 32.0 Å². The van der Waals surface area contributed by atoms with Crippen LogP contribution in [0.4, 0.5) is 4.79 Å². The van der Waals surface area contributed by atoms with E-state index in [0.717, 1.165) is 12.4 Å². The summed E-state index contributed by atoms with van der Waals surface area (Å²) in [4.78, 5) is 29.8. The van der Waals surface area contributed by atoms with Crippen molar-refractivity contribution in [3.05, 3.63) is 0 Å². The van der Waals surface area contributed by atoms with Gasteiger partial charge in [-0.25, -0.2) is 4.79 Å². The number of hydrogen-bond acceptors (Lipinski definition) is 3. The first-order chi connectivity index (χ1) is 11.9. The molecule has 1 saturated heterocycles. The average Bonchev–Trinajstić information content (AvgIpc) is 2.81. The molecule has 0 aromatic carbocycles. The van der Waals surface area contributed by atoms with Crippen molar-refractivity contribution < 1.29 is 9.59 Å². The molecule has 2 atom stereocenters. The number of guanidine groups is 1. The molecule has 0 spiro atoms. The number of hydrogen-bond donors (Lipinski definition) is 3. The number of urea groups is 1. The smallest absolute Gasteiger partial charge is 0.325 e. The average molecular weight is 354 g/mol. The van der Waals surface area contributed by atoms with Gasteiger partial charge in [-0.15, -0.1) is 0 Å². The van der Waals surface area contributed by atoms with Gasteiger partial charge in [-0.1, -0.05) is 33.1 Å². The summed E-state index contributed by atoms with van der Waals surface area (Å²) in [6.07, 6.45) is 6.08. The fraction of sp³-hybridized carbons (Fsp3) is 0.833. The molecule has 0 aromatic heterocycles. The molecule has 1 aliphatic heterocycles. The minimum atomic E-state index is -0.754. The zero-order chi connectivity index (χ0) is 18.9. The van der Waals surface area contributed by atoms with Crippen molar-refractivity contribution in [2.24, 2.45) is 4.99 Å². The number of aliphatic imine (C=N–C) groups is 1. The molecule has 0 radical (unpaired) electrons. The lowest BCUT2D eigenvalue weighted by Crippen LogP contribution is -2.44. The zero-order valence-corrected chi connectivity index (χ0v) is 16.4. The second-order valence-electron chi connectivity index (χ2n) is 6.97. The first-order valence-corrected chi connectivity index (χ1v) is 9.49. The molecule has 3 amide bonds. The van der Waals surface area contributed by atoms with Gasteiger partial charge < -0.3 is 16.0 Å². The molecule has 0 bridgehead atoms. The Morgan fingerprint density at radius 1 is 1.28 bits per heavy atom. The van der Waals surface area contributed by atoms with E-state index in [9.17, 15) is 9.59 Å². The van der Waals surface area contributed by atoms with Crippen LogP contribution >= 0.6 is 0 Å². The Bertz CT molecular complexity index is 480. The lowest BCUT2D eigenvalue weighted by atomic mass is 9.99. The summed E-state index contributed by atoms with van der Waals surface area (Å²) < 4.78 is 0. The van der Waals surface area contributed by atoms with Gasteiger partial charge in [0.1, 0.15) is 5.54 Å². The molecule has 0 saturated carbocycles. The molecule has 1 heterocycles. The zero-order valence-electron chi connectivity index (χ0n) is 16.4. The number of amides is 3. The first kappa shape index (κ1) is 21.3. The van der Waals surface area contributed by atoms with E-state index in [-0.39, 0.29) is 11.9 Å².